The monoisotopic (exact) mass is 298 g/mol. The molecule has 0 radical (unpaired) electrons. The zero-order valence-electron chi connectivity index (χ0n) is 10.5. The Labute approximate surface area is 115 Å². The van der Waals surface area contributed by atoms with Crippen LogP contribution in [-0.2, 0) is 10.0 Å². The van der Waals surface area contributed by atoms with Crippen LogP contribution in [0.1, 0.15) is 0 Å². The van der Waals surface area contributed by atoms with Gasteiger partial charge in [-0.3, -0.25) is 4.31 Å². The summed E-state index contributed by atoms with van der Waals surface area (Å²) >= 11 is 0. The first-order valence-corrected chi connectivity index (χ1v) is 7.06. The molecule has 0 fully saturated rings. The Balaban J connectivity index is 2.56. The molecule has 2 rings (SSSR count). The van der Waals surface area contributed by atoms with Gasteiger partial charge in [-0.1, -0.05) is 12.1 Å². The second-order valence-electron chi connectivity index (χ2n) is 4.11. The van der Waals surface area contributed by atoms with Crippen LogP contribution >= 0.6 is 0 Å². The summed E-state index contributed by atoms with van der Waals surface area (Å²) in [6.45, 7) is 0. The highest BCUT2D eigenvalue weighted by atomic mass is 32.2. The van der Waals surface area contributed by atoms with E-state index in [1.807, 2.05) is 0 Å². The number of para-hydroxylation sites is 1. The molecule has 0 saturated heterocycles. The van der Waals surface area contributed by atoms with Gasteiger partial charge in [0.25, 0.3) is 10.0 Å². The fourth-order valence-electron chi connectivity index (χ4n) is 1.70. The van der Waals surface area contributed by atoms with Gasteiger partial charge in [0.1, 0.15) is 16.5 Å². The Kier molecular flexibility index (Phi) is 3.63. The summed E-state index contributed by atoms with van der Waals surface area (Å²) in [6.07, 6.45) is 0. The molecule has 0 unspecified atom stereocenters. The average molecular weight is 298 g/mol. The quantitative estimate of drug-likeness (QED) is 0.885. The maximum absolute atomic E-state index is 13.7. The van der Waals surface area contributed by atoms with E-state index >= 15 is 0 Å². The number of halogens is 2. The summed E-state index contributed by atoms with van der Waals surface area (Å²) in [5.74, 6) is -1.66. The largest absolute Gasteiger partial charge is 0.399 e. The number of benzene rings is 2. The van der Waals surface area contributed by atoms with E-state index < -0.39 is 26.6 Å². The number of hydrogen-bond donors (Lipinski definition) is 1. The number of nitrogens with zero attached hydrogens (tertiary/aromatic N) is 1. The lowest BCUT2D eigenvalue weighted by Crippen LogP contribution is -2.28. The van der Waals surface area contributed by atoms with Crippen molar-refractivity contribution in [2.75, 3.05) is 17.1 Å². The molecule has 0 bridgehead atoms. The zero-order chi connectivity index (χ0) is 14.9. The van der Waals surface area contributed by atoms with Crippen molar-refractivity contribution in [3.63, 3.8) is 0 Å². The van der Waals surface area contributed by atoms with Crippen LogP contribution in [0, 0.1) is 11.6 Å². The fraction of sp³-hybridized carbons (Fsp3) is 0.0769. The molecule has 0 aromatic heterocycles. The van der Waals surface area contributed by atoms with Crippen molar-refractivity contribution in [1.29, 1.82) is 0 Å². The Morgan fingerprint density at radius 2 is 1.70 bits per heavy atom. The Morgan fingerprint density at radius 3 is 2.35 bits per heavy atom. The lowest BCUT2D eigenvalue weighted by molar-refractivity contribution is 0.564. The summed E-state index contributed by atoms with van der Waals surface area (Å²) in [5, 5.41) is 0. The fourth-order valence-corrected chi connectivity index (χ4v) is 3.00. The van der Waals surface area contributed by atoms with Gasteiger partial charge in [0.15, 0.2) is 0 Å². The number of sulfonamides is 1. The first kappa shape index (κ1) is 14.3. The molecule has 2 N–H and O–H groups in total. The molecule has 106 valence electrons. The van der Waals surface area contributed by atoms with E-state index in [9.17, 15) is 17.2 Å². The number of nitrogens with two attached hydrogens (primary N) is 1. The maximum Gasteiger partial charge on any atom is 0.267 e. The van der Waals surface area contributed by atoms with Crippen LogP contribution in [0.5, 0.6) is 0 Å². The number of anilines is 2. The third-order valence-corrected chi connectivity index (χ3v) is 4.57. The Bertz CT molecular complexity index is 748. The van der Waals surface area contributed by atoms with Crippen molar-refractivity contribution in [2.45, 2.75) is 4.90 Å². The average Bonchev–Trinajstić information content (AvgIpc) is 2.41. The predicted octanol–water partition coefficient (Wildman–Crippen LogP) is 2.37. The second kappa shape index (κ2) is 5.09. The van der Waals surface area contributed by atoms with Crippen molar-refractivity contribution in [2.24, 2.45) is 0 Å². The molecule has 0 atom stereocenters. The van der Waals surface area contributed by atoms with Crippen LogP contribution in [-0.4, -0.2) is 15.5 Å². The van der Waals surface area contributed by atoms with Crippen LogP contribution < -0.4 is 10.0 Å². The van der Waals surface area contributed by atoms with E-state index in [2.05, 4.69) is 0 Å². The highest BCUT2D eigenvalue weighted by molar-refractivity contribution is 7.92. The van der Waals surface area contributed by atoms with E-state index in [1.165, 1.54) is 24.3 Å². The minimum atomic E-state index is -4.23. The van der Waals surface area contributed by atoms with Gasteiger partial charge in [-0.05, 0) is 30.3 Å². The molecule has 4 nitrogen and oxygen atoms in total. The van der Waals surface area contributed by atoms with E-state index in [1.54, 1.807) is 0 Å². The minimum Gasteiger partial charge on any atom is -0.399 e. The molecular weight excluding hydrogens is 286 g/mol. The van der Waals surface area contributed by atoms with Gasteiger partial charge in [-0.25, -0.2) is 17.2 Å². The van der Waals surface area contributed by atoms with Crippen molar-refractivity contribution >= 4 is 21.4 Å². The molecule has 0 saturated carbocycles. The molecule has 0 aliphatic carbocycles. The number of nitrogen functional groups attached to an aromatic ring is 1. The van der Waals surface area contributed by atoms with Gasteiger partial charge in [0.2, 0.25) is 0 Å². The normalized spacial score (nSPS) is 11.3. The minimum absolute atomic E-state index is 0.104. The predicted molar refractivity (Wildman–Crippen MR) is 72.8 cm³/mol. The van der Waals surface area contributed by atoms with Crippen LogP contribution in [0.4, 0.5) is 20.2 Å². The maximum atomic E-state index is 13.7. The summed E-state index contributed by atoms with van der Waals surface area (Å²) in [6, 6.07) is 8.53. The number of hydrogen-bond acceptors (Lipinski definition) is 3. The summed E-state index contributed by atoms with van der Waals surface area (Å²) in [7, 11) is -3.08. The smallest absolute Gasteiger partial charge is 0.267 e. The van der Waals surface area contributed by atoms with E-state index in [0.29, 0.717) is 4.31 Å². The molecule has 0 spiro atoms. The second-order valence-corrected chi connectivity index (χ2v) is 6.05. The van der Waals surface area contributed by atoms with Crippen molar-refractivity contribution in [3.05, 3.63) is 54.1 Å². The molecular formula is C13H12F2N2O2S. The van der Waals surface area contributed by atoms with Gasteiger partial charge < -0.3 is 5.73 Å². The zero-order valence-corrected chi connectivity index (χ0v) is 11.4. The molecule has 0 aliphatic rings. The van der Waals surface area contributed by atoms with Crippen molar-refractivity contribution < 1.29 is 17.2 Å². The van der Waals surface area contributed by atoms with Crippen LogP contribution in [0.3, 0.4) is 0 Å². The van der Waals surface area contributed by atoms with E-state index in [4.69, 9.17) is 5.73 Å². The number of rotatable bonds is 3. The van der Waals surface area contributed by atoms with Gasteiger partial charge in [-0.15, -0.1) is 0 Å². The first-order valence-electron chi connectivity index (χ1n) is 5.62. The Morgan fingerprint density at radius 1 is 1.05 bits per heavy atom. The Hall–Kier alpha value is -2.15. The third kappa shape index (κ3) is 2.44. The van der Waals surface area contributed by atoms with Crippen LogP contribution in [0.25, 0.3) is 0 Å². The molecule has 20 heavy (non-hydrogen) atoms. The van der Waals surface area contributed by atoms with Crippen LogP contribution in [0.2, 0.25) is 0 Å². The summed E-state index contributed by atoms with van der Waals surface area (Å²) in [4.78, 5) is -0.594. The lowest BCUT2D eigenvalue weighted by atomic mass is 10.3. The van der Waals surface area contributed by atoms with Crippen molar-refractivity contribution in [3.8, 4) is 0 Å². The van der Waals surface area contributed by atoms with Gasteiger partial charge in [-0.2, -0.15) is 0 Å². The van der Waals surface area contributed by atoms with Gasteiger partial charge in [0, 0.05) is 12.7 Å². The van der Waals surface area contributed by atoms with E-state index in [-0.39, 0.29) is 11.4 Å². The summed E-state index contributed by atoms with van der Waals surface area (Å²) in [5.41, 5.74) is 5.40. The highest BCUT2D eigenvalue weighted by Crippen LogP contribution is 2.26. The lowest BCUT2D eigenvalue weighted by Gasteiger charge is -2.20. The molecule has 2 aromatic carbocycles. The SMILES string of the molecule is CN(c1ccccc1F)S(=O)(=O)c1cc(N)ccc1F. The highest BCUT2D eigenvalue weighted by Gasteiger charge is 2.26. The van der Waals surface area contributed by atoms with Gasteiger partial charge >= 0.3 is 0 Å². The molecule has 0 heterocycles. The first-order chi connectivity index (χ1) is 9.34. The third-order valence-electron chi connectivity index (χ3n) is 2.79. The van der Waals surface area contributed by atoms with E-state index in [0.717, 1.165) is 25.2 Å². The molecule has 0 aliphatic heterocycles. The van der Waals surface area contributed by atoms with Gasteiger partial charge in [0.05, 0.1) is 5.69 Å². The van der Waals surface area contributed by atoms with Crippen LogP contribution in [0.15, 0.2) is 47.4 Å². The van der Waals surface area contributed by atoms with Crippen molar-refractivity contribution in [1.82, 2.24) is 0 Å². The topological polar surface area (TPSA) is 63.4 Å². The molecule has 0 amide bonds. The summed E-state index contributed by atoms with van der Waals surface area (Å²) < 4.78 is 52.7. The standard InChI is InChI=1S/C13H12F2N2O2S/c1-17(12-5-3-2-4-10(12)14)20(18,19)13-8-9(16)6-7-11(13)15/h2-8H,16H2,1H3. The molecule has 2 aromatic rings. The molecule has 7 heteroatoms.